The maximum atomic E-state index is 13.3. The SMILES string of the molecule is O=C(CCc1c[nH]c2ccccc12)OCCOc1ccccc1F. The largest absolute Gasteiger partial charge is 0.487 e. The smallest absolute Gasteiger partial charge is 0.306 e. The number of halogens is 1. The fourth-order valence-electron chi connectivity index (χ4n) is 2.52. The molecule has 0 bridgehead atoms. The van der Waals surface area contributed by atoms with Crippen LogP contribution >= 0.6 is 0 Å². The summed E-state index contributed by atoms with van der Waals surface area (Å²) >= 11 is 0. The van der Waals surface area contributed by atoms with E-state index in [0.717, 1.165) is 16.5 Å². The summed E-state index contributed by atoms with van der Waals surface area (Å²) in [6.07, 6.45) is 2.82. The number of fused-ring (bicyclic) bond motifs is 1. The van der Waals surface area contributed by atoms with E-state index in [1.54, 1.807) is 12.1 Å². The Morgan fingerprint density at radius 1 is 1.04 bits per heavy atom. The first-order valence-corrected chi connectivity index (χ1v) is 7.82. The van der Waals surface area contributed by atoms with E-state index in [-0.39, 0.29) is 24.9 Å². The maximum absolute atomic E-state index is 13.3. The van der Waals surface area contributed by atoms with Gasteiger partial charge in [-0.2, -0.15) is 0 Å². The Labute approximate surface area is 139 Å². The number of aryl methyl sites for hydroxylation is 1. The van der Waals surface area contributed by atoms with Crippen molar-refractivity contribution in [2.75, 3.05) is 13.2 Å². The molecule has 1 N–H and O–H groups in total. The monoisotopic (exact) mass is 327 g/mol. The molecule has 0 radical (unpaired) electrons. The molecule has 1 aromatic heterocycles. The maximum Gasteiger partial charge on any atom is 0.306 e. The molecule has 5 heteroatoms. The second-order valence-electron chi connectivity index (χ2n) is 5.36. The zero-order chi connectivity index (χ0) is 16.8. The van der Waals surface area contributed by atoms with E-state index in [1.807, 2.05) is 30.5 Å². The lowest BCUT2D eigenvalue weighted by molar-refractivity contribution is -0.144. The summed E-state index contributed by atoms with van der Waals surface area (Å²) in [5, 5.41) is 1.12. The van der Waals surface area contributed by atoms with Crippen LogP contribution in [0.3, 0.4) is 0 Å². The van der Waals surface area contributed by atoms with Crippen molar-refractivity contribution in [3.63, 3.8) is 0 Å². The zero-order valence-electron chi connectivity index (χ0n) is 13.1. The van der Waals surface area contributed by atoms with Crippen LogP contribution in [0.4, 0.5) is 4.39 Å². The molecule has 0 aliphatic heterocycles. The molecule has 2 aromatic carbocycles. The van der Waals surface area contributed by atoms with Gasteiger partial charge < -0.3 is 14.5 Å². The molecular formula is C19H18FNO3. The molecule has 1 heterocycles. The first-order valence-electron chi connectivity index (χ1n) is 7.82. The van der Waals surface area contributed by atoms with Gasteiger partial charge in [0.05, 0.1) is 0 Å². The highest BCUT2D eigenvalue weighted by atomic mass is 19.1. The highest BCUT2D eigenvalue weighted by molar-refractivity contribution is 5.83. The first-order chi connectivity index (χ1) is 11.7. The predicted octanol–water partition coefficient (Wildman–Crippen LogP) is 3.86. The molecule has 0 fully saturated rings. The molecule has 0 atom stereocenters. The van der Waals surface area contributed by atoms with Gasteiger partial charge >= 0.3 is 5.97 Å². The van der Waals surface area contributed by atoms with Gasteiger partial charge in [-0.25, -0.2) is 4.39 Å². The van der Waals surface area contributed by atoms with Crippen molar-refractivity contribution in [2.24, 2.45) is 0 Å². The predicted molar refractivity (Wildman–Crippen MR) is 89.5 cm³/mol. The average Bonchev–Trinajstić information content (AvgIpc) is 3.01. The van der Waals surface area contributed by atoms with Crippen LogP contribution in [0.1, 0.15) is 12.0 Å². The molecule has 3 aromatic rings. The molecule has 0 amide bonds. The molecule has 0 unspecified atom stereocenters. The van der Waals surface area contributed by atoms with E-state index in [9.17, 15) is 9.18 Å². The lowest BCUT2D eigenvalue weighted by Crippen LogP contribution is -2.13. The summed E-state index contributed by atoms with van der Waals surface area (Å²) in [5.74, 6) is -0.562. The van der Waals surface area contributed by atoms with Crippen molar-refractivity contribution in [3.05, 3.63) is 66.1 Å². The van der Waals surface area contributed by atoms with E-state index >= 15 is 0 Å². The Kier molecular flexibility index (Phi) is 5.11. The summed E-state index contributed by atoms with van der Waals surface area (Å²) in [5.41, 5.74) is 2.14. The van der Waals surface area contributed by atoms with Crippen LogP contribution in [0, 0.1) is 5.82 Å². The van der Waals surface area contributed by atoms with Gasteiger partial charge in [0.1, 0.15) is 13.2 Å². The zero-order valence-corrected chi connectivity index (χ0v) is 13.1. The van der Waals surface area contributed by atoms with Crippen LogP contribution in [0.2, 0.25) is 0 Å². The fraction of sp³-hybridized carbons (Fsp3) is 0.211. The minimum Gasteiger partial charge on any atom is -0.487 e. The Balaban J connectivity index is 1.41. The summed E-state index contributed by atoms with van der Waals surface area (Å²) in [6.45, 7) is 0.223. The van der Waals surface area contributed by atoms with Gasteiger partial charge in [-0.15, -0.1) is 0 Å². The number of hydrogen-bond donors (Lipinski definition) is 1. The number of para-hydroxylation sites is 2. The number of nitrogens with one attached hydrogen (secondary N) is 1. The second kappa shape index (κ2) is 7.64. The molecule has 3 rings (SSSR count). The topological polar surface area (TPSA) is 51.3 Å². The van der Waals surface area contributed by atoms with E-state index in [0.29, 0.717) is 12.8 Å². The number of hydrogen-bond acceptors (Lipinski definition) is 3. The second-order valence-corrected chi connectivity index (χ2v) is 5.36. The van der Waals surface area contributed by atoms with Crippen molar-refractivity contribution < 1.29 is 18.7 Å². The van der Waals surface area contributed by atoms with E-state index in [2.05, 4.69) is 4.98 Å². The Morgan fingerprint density at radius 3 is 2.71 bits per heavy atom. The van der Waals surface area contributed by atoms with Crippen molar-refractivity contribution in [1.82, 2.24) is 4.98 Å². The fourth-order valence-corrected chi connectivity index (χ4v) is 2.52. The highest BCUT2D eigenvalue weighted by Crippen LogP contribution is 2.19. The number of rotatable bonds is 7. The minimum absolute atomic E-state index is 0.0983. The number of benzene rings is 2. The number of H-pyrrole nitrogens is 1. The number of carbonyl (C=O) groups excluding carboxylic acids is 1. The van der Waals surface area contributed by atoms with Crippen LogP contribution in [0.25, 0.3) is 10.9 Å². The third kappa shape index (κ3) is 3.93. The van der Waals surface area contributed by atoms with Crippen molar-refractivity contribution in [2.45, 2.75) is 12.8 Å². The molecule has 4 nitrogen and oxygen atoms in total. The van der Waals surface area contributed by atoms with Crippen molar-refractivity contribution in [1.29, 1.82) is 0 Å². The number of aromatic amines is 1. The van der Waals surface area contributed by atoms with Crippen LogP contribution < -0.4 is 4.74 Å². The molecule has 0 aliphatic carbocycles. The summed E-state index contributed by atoms with van der Waals surface area (Å²) in [6, 6.07) is 14.1. The minimum atomic E-state index is -0.428. The van der Waals surface area contributed by atoms with E-state index < -0.39 is 5.82 Å². The van der Waals surface area contributed by atoms with Crippen LogP contribution in [-0.4, -0.2) is 24.2 Å². The van der Waals surface area contributed by atoms with Crippen LogP contribution in [0.15, 0.2) is 54.7 Å². The first kappa shape index (κ1) is 16.1. The molecular weight excluding hydrogens is 309 g/mol. The van der Waals surface area contributed by atoms with Gasteiger partial charge in [-0.3, -0.25) is 4.79 Å². The Bertz CT molecular complexity index is 828. The van der Waals surface area contributed by atoms with Crippen LogP contribution in [0.5, 0.6) is 5.75 Å². The van der Waals surface area contributed by atoms with Crippen LogP contribution in [-0.2, 0) is 16.0 Å². The third-order valence-electron chi connectivity index (χ3n) is 3.71. The third-order valence-corrected chi connectivity index (χ3v) is 3.71. The van der Waals surface area contributed by atoms with Gasteiger partial charge in [0.2, 0.25) is 0 Å². The number of carbonyl (C=O) groups is 1. The standard InChI is InChI=1S/C19H18FNO3/c20-16-6-2-4-8-18(16)23-11-12-24-19(22)10-9-14-13-21-17-7-3-1-5-15(14)17/h1-8,13,21H,9-12H2. The molecule has 24 heavy (non-hydrogen) atoms. The normalized spacial score (nSPS) is 10.7. The molecule has 124 valence electrons. The van der Waals surface area contributed by atoms with Gasteiger partial charge in [0, 0.05) is 23.5 Å². The van der Waals surface area contributed by atoms with E-state index in [4.69, 9.17) is 9.47 Å². The van der Waals surface area contributed by atoms with Gasteiger partial charge in [-0.1, -0.05) is 30.3 Å². The molecule has 0 aliphatic rings. The summed E-state index contributed by atoms with van der Waals surface area (Å²) in [7, 11) is 0. The highest BCUT2D eigenvalue weighted by Gasteiger charge is 2.08. The molecule has 0 saturated heterocycles. The number of aromatic nitrogens is 1. The average molecular weight is 327 g/mol. The van der Waals surface area contributed by atoms with Gasteiger partial charge in [-0.05, 0) is 30.2 Å². The number of esters is 1. The van der Waals surface area contributed by atoms with Gasteiger partial charge in [0.25, 0.3) is 0 Å². The lowest BCUT2D eigenvalue weighted by Gasteiger charge is -2.08. The molecule has 0 spiro atoms. The van der Waals surface area contributed by atoms with E-state index in [1.165, 1.54) is 12.1 Å². The Hall–Kier alpha value is -2.82. The Morgan fingerprint density at radius 2 is 1.83 bits per heavy atom. The summed E-state index contributed by atoms with van der Waals surface area (Å²) < 4.78 is 23.7. The van der Waals surface area contributed by atoms with Crippen molar-refractivity contribution >= 4 is 16.9 Å². The summed E-state index contributed by atoms with van der Waals surface area (Å²) in [4.78, 5) is 15.0. The lowest BCUT2D eigenvalue weighted by atomic mass is 10.1. The van der Waals surface area contributed by atoms with Gasteiger partial charge in [0.15, 0.2) is 11.6 Å². The number of ether oxygens (including phenoxy) is 2. The quantitative estimate of drug-likeness (QED) is 0.529. The van der Waals surface area contributed by atoms with Crippen molar-refractivity contribution in [3.8, 4) is 5.75 Å². The molecule has 0 saturated carbocycles.